The van der Waals surface area contributed by atoms with Gasteiger partial charge in [0.2, 0.25) is 11.9 Å². The number of unbranched alkanes of at least 4 members (excludes halogenated alkanes) is 3. The summed E-state index contributed by atoms with van der Waals surface area (Å²) in [5, 5.41) is 8.14. The summed E-state index contributed by atoms with van der Waals surface area (Å²) in [7, 11) is 0. The molecule has 2 aliphatic heterocycles. The van der Waals surface area contributed by atoms with Gasteiger partial charge in [0, 0.05) is 99.0 Å². The summed E-state index contributed by atoms with van der Waals surface area (Å²) in [4.78, 5) is 65.2. The molecule has 2 aliphatic rings. The molecule has 0 spiro atoms. The van der Waals surface area contributed by atoms with Crippen molar-refractivity contribution in [2.75, 3.05) is 92.5 Å². The third-order valence-corrected chi connectivity index (χ3v) is 31.4. The molecule has 2 fully saturated rings. The smallest absolute Gasteiger partial charge is 0.266 e. The molecule has 0 bridgehead atoms. The monoisotopic (exact) mass is 1270 g/mol. The maximum Gasteiger partial charge on any atom is 0.266 e. The second kappa shape index (κ2) is 31.2. The summed E-state index contributed by atoms with van der Waals surface area (Å²) in [6.45, 7) is 39.3. The maximum absolute atomic E-state index is 12.7. The molecule has 4 aromatic heterocycles. The maximum atomic E-state index is 12.7. The van der Waals surface area contributed by atoms with E-state index in [0.29, 0.717) is 51.8 Å². The van der Waals surface area contributed by atoms with Crippen molar-refractivity contribution in [2.24, 2.45) is 0 Å². The largest absolute Gasteiger partial charge is 0.369 e. The minimum Gasteiger partial charge on any atom is -0.369 e. The number of piperazine rings is 2. The molecule has 8 rings (SSSR count). The van der Waals surface area contributed by atoms with E-state index in [2.05, 4.69) is 151 Å². The van der Waals surface area contributed by atoms with E-state index in [9.17, 15) is 14.4 Å². The van der Waals surface area contributed by atoms with Gasteiger partial charge in [0.1, 0.15) is 11.3 Å². The molecule has 2 saturated heterocycles. The first-order chi connectivity index (χ1) is 38.6. The standard InChI is InChI=1S/C24H30N6O2.C22H27BrN6O.C4H7O.3C4H9.Sn/c1-5-28-11-13-29(14-12-28)19-9-7-18(8-10-19)26-24-25-16(3)20-15-21(17(4)31)23(32)30(6-2)22(20)27-24;1-4-27-10-12-28(13-11-27)17-8-6-16(7-9-17)25-22-24-15(3)18-14-19(23)21(30)29(5-2)20(18)26-22;1-3-5-4-2;3*1-3-4-2;/h7-10,15H,5-6,11-14H2,1-4H3,(H,25,26,27);6-9,14H,4-5,10-13H2,1-3H3,(H,24,25,26);1,4H2,2H3;3*1,3-4H2,2H3;. The van der Waals surface area contributed by atoms with Crippen molar-refractivity contribution < 1.29 is 9.53 Å². The molecule has 18 heteroatoms. The second-order valence-corrected chi connectivity index (χ2v) is 35.1. The summed E-state index contributed by atoms with van der Waals surface area (Å²) in [6.07, 6.45) is 8.10. The molecule has 0 atom stereocenters. The molecule has 2 N–H and O–H groups in total. The Kier molecular flexibility index (Phi) is 24.9. The van der Waals surface area contributed by atoms with Crippen LogP contribution in [0.25, 0.3) is 22.1 Å². The molecule has 0 radical (unpaired) electrons. The Hall–Kier alpha value is -5.37. The van der Waals surface area contributed by atoms with E-state index in [1.54, 1.807) is 16.7 Å². The van der Waals surface area contributed by atoms with Crippen LogP contribution in [0.2, 0.25) is 13.3 Å². The molecule has 0 unspecified atom stereocenters. The number of ether oxygens (including phenoxy) is 1. The SMILES string of the molecule is C=[C](OCC)[Sn]([CH2]CCC)([CH2]CCC)[CH2]CCC.CCN1CCN(c2ccc(Nc3nc(C)c4cc(Br)c(=O)n(CC)c4n3)cc2)CC1.CCN1CCN(c2ccc(Nc3nc(C)c4cc(C(C)=O)c(=O)n(CC)c4n3)cc2)CC1. The Morgan fingerprint density at radius 2 is 0.988 bits per heavy atom. The summed E-state index contributed by atoms with van der Waals surface area (Å²) in [6, 6.07) is 20.1. The number of likely N-dealkylation sites (N-methyl/N-ethyl adjacent to an activating group) is 2. The number of pyridine rings is 2. The number of aromatic nitrogens is 6. The van der Waals surface area contributed by atoms with Crippen LogP contribution in [-0.4, -0.2) is 135 Å². The van der Waals surface area contributed by atoms with Crippen LogP contribution in [0.4, 0.5) is 34.6 Å². The third-order valence-electron chi connectivity index (χ3n) is 15.8. The number of fused-ring (bicyclic) bond motifs is 2. The van der Waals surface area contributed by atoms with Crippen LogP contribution in [0, 0.1) is 13.8 Å². The normalized spacial score (nSPS) is 14.1. The van der Waals surface area contributed by atoms with Gasteiger partial charge in [-0.2, -0.15) is 9.97 Å². The number of hydrogen-bond donors (Lipinski definition) is 2. The molecule has 6 heterocycles. The fourth-order valence-corrected chi connectivity index (χ4v) is 25.9. The number of halogens is 1. The predicted octanol–water partition coefficient (Wildman–Crippen LogP) is 12.9. The summed E-state index contributed by atoms with van der Waals surface area (Å²) in [5.74, 6) is 0.668. The van der Waals surface area contributed by atoms with Gasteiger partial charge in [0.15, 0.2) is 5.78 Å². The number of nitrogens with one attached hydrogen (secondary N) is 2. The van der Waals surface area contributed by atoms with Gasteiger partial charge >= 0.3 is 120 Å². The average Bonchev–Trinajstić information content (AvgIpc) is 3.53. The van der Waals surface area contributed by atoms with Crippen LogP contribution >= 0.6 is 15.9 Å². The Bertz CT molecular complexity index is 3070. The number of carbonyl (C=O) groups excluding carboxylic acids is 1. The van der Waals surface area contributed by atoms with Crippen LogP contribution in [0.5, 0.6) is 0 Å². The Morgan fingerprint density at radius 3 is 1.35 bits per heavy atom. The average molecular weight is 1270 g/mol. The van der Waals surface area contributed by atoms with Gasteiger partial charge in [0.05, 0.1) is 21.4 Å². The van der Waals surface area contributed by atoms with Gasteiger partial charge < -0.3 is 30.2 Å². The molecule has 16 nitrogen and oxygen atoms in total. The summed E-state index contributed by atoms with van der Waals surface area (Å²) in [5.41, 5.74) is 6.73. The predicted molar refractivity (Wildman–Crippen MR) is 340 cm³/mol. The second-order valence-electron chi connectivity index (χ2n) is 21.1. The quantitative estimate of drug-likeness (QED) is 0.0354. The van der Waals surface area contributed by atoms with Crippen LogP contribution in [0.15, 0.2) is 85.1 Å². The van der Waals surface area contributed by atoms with Crippen molar-refractivity contribution in [3.63, 3.8) is 0 Å². The van der Waals surface area contributed by atoms with E-state index in [0.717, 1.165) is 94.5 Å². The van der Waals surface area contributed by atoms with Gasteiger partial charge in [-0.05, 0) is 124 Å². The topological polar surface area (TPSA) is 159 Å². The van der Waals surface area contributed by atoms with E-state index < -0.39 is 18.4 Å². The first-order valence-electron chi connectivity index (χ1n) is 29.6. The first-order valence-corrected chi connectivity index (χ1v) is 37.9. The summed E-state index contributed by atoms with van der Waals surface area (Å²) >= 11 is 1.11. The Labute approximate surface area is 488 Å². The van der Waals surface area contributed by atoms with E-state index in [1.807, 2.05) is 39.8 Å². The molecule has 80 heavy (non-hydrogen) atoms. The number of ketones is 1. The molecule has 0 amide bonds. The molecule has 434 valence electrons. The number of rotatable bonds is 23. The van der Waals surface area contributed by atoms with Crippen LogP contribution < -0.4 is 31.6 Å². The van der Waals surface area contributed by atoms with Crippen molar-refractivity contribution in [2.45, 2.75) is 141 Å². The van der Waals surface area contributed by atoms with Crippen molar-refractivity contribution >= 4 is 96.8 Å². The molecule has 0 aliphatic carbocycles. The fraction of sp³-hybridized carbons (Fsp3) is 0.532. The number of carbonyl (C=O) groups is 1. The van der Waals surface area contributed by atoms with E-state index >= 15 is 0 Å². The Morgan fingerprint density at radius 1 is 0.588 bits per heavy atom. The van der Waals surface area contributed by atoms with Crippen molar-refractivity contribution in [3.8, 4) is 0 Å². The van der Waals surface area contributed by atoms with Crippen LogP contribution in [0.1, 0.15) is 123 Å². The zero-order chi connectivity index (χ0) is 57.9. The molecule has 6 aromatic rings. The number of aryl methyl sites for hydroxylation is 4. The zero-order valence-electron chi connectivity index (χ0n) is 50.0. The minimum absolute atomic E-state index is 0.0819. The van der Waals surface area contributed by atoms with E-state index in [4.69, 9.17) is 4.74 Å². The zero-order valence-corrected chi connectivity index (χ0v) is 54.5. The molecule has 0 saturated carbocycles. The summed E-state index contributed by atoms with van der Waals surface area (Å²) < 4.78 is 15.3. The number of hydrogen-bond acceptors (Lipinski definition) is 14. The van der Waals surface area contributed by atoms with Gasteiger partial charge in [-0.25, -0.2) is 9.97 Å². The molecular formula is C62H91BrN12O4Sn. The number of Topliss-reactive ketones (excluding diaryl/α,β-unsaturated/α-hetero) is 1. The van der Waals surface area contributed by atoms with Crippen molar-refractivity contribution in [3.05, 3.63) is 113 Å². The number of benzene rings is 2. The molecule has 2 aromatic carbocycles. The van der Waals surface area contributed by atoms with Crippen LogP contribution in [-0.2, 0) is 17.8 Å². The van der Waals surface area contributed by atoms with E-state index in [-0.39, 0.29) is 22.5 Å². The minimum atomic E-state index is -2.24. The Balaban J connectivity index is 0.000000202. The van der Waals surface area contributed by atoms with Crippen molar-refractivity contribution in [1.29, 1.82) is 0 Å². The van der Waals surface area contributed by atoms with E-state index in [1.165, 1.54) is 78.5 Å². The molecular weight excluding hydrogens is 1180 g/mol. The number of nitrogens with zero attached hydrogens (tertiary/aromatic N) is 10. The fourth-order valence-electron chi connectivity index (χ4n) is 10.8. The third kappa shape index (κ3) is 16.4. The van der Waals surface area contributed by atoms with Gasteiger partial charge in [-0.3, -0.25) is 23.5 Å². The van der Waals surface area contributed by atoms with Gasteiger partial charge in [-0.1, -0.05) is 13.8 Å². The number of anilines is 6. The first kappa shape index (κ1) is 63.8. The van der Waals surface area contributed by atoms with Gasteiger partial charge in [0.25, 0.3) is 11.1 Å². The van der Waals surface area contributed by atoms with Crippen LogP contribution in [0.3, 0.4) is 0 Å². The van der Waals surface area contributed by atoms with Gasteiger partial charge in [-0.15, -0.1) is 0 Å². The van der Waals surface area contributed by atoms with Crippen molar-refractivity contribution in [1.82, 2.24) is 38.9 Å².